The third kappa shape index (κ3) is 5.78. The van der Waals surface area contributed by atoms with Crippen molar-refractivity contribution in [1.29, 1.82) is 0 Å². The monoisotopic (exact) mass is 468 g/mol. The number of hydrogen-bond donors (Lipinski definition) is 2. The van der Waals surface area contributed by atoms with Gasteiger partial charge in [0.1, 0.15) is 6.10 Å². The third-order valence-corrected chi connectivity index (χ3v) is 6.69. The zero-order chi connectivity index (χ0) is 22.0. The van der Waals surface area contributed by atoms with Gasteiger partial charge in [0.05, 0.1) is 17.9 Å². The lowest BCUT2D eigenvalue weighted by Gasteiger charge is -2.30. The van der Waals surface area contributed by atoms with Crippen LogP contribution < -0.4 is 10.0 Å². The summed E-state index contributed by atoms with van der Waals surface area (Å²) in [5, 5.41) is 4.84. The lowest BCUT2D eigenvalue weighted by atomic mass is 10.1. The van der Waals surface area contributed by atoms with E-state index in [1.165, 1.54) is 0 Å². The van der Waals surface area contributed by atoms with E-state index in [2.05, 4.69) is 16.1 Å². The van der Waals surface area contributed by atoms with Crippen molar-refractivity contribution in [3.63, 3.8) is 0 Å². The van der Waals surface area contributed by atoms with Crippen LogP contribution in [0.5, 0.6) is 0 Å². The number of nitrogens with one attached hydrogen (secondary N) is 2. The van der Waals surface area contributed by atoms with Gasteiger partial charge in [-0.3, -0.25) is 4.79 Å². The topological polar surface area (TPSA) is 92.7 Å². The van der Waals surface area contributed by atoms with Crippen LogP contribution in [0.25, 0.3) is 10.9 Å². The molecular formula is C21H29ClN4O4S. The molecule has 1 aromatic carbocycles. The molecule has 0 radical (unpaired) electrons. The van der Waals surface area contributed by atoms with E-state index in [4.69, 9.17) is 16.3 Å². The first-order chi connectivity index (χ1) is 14.8. The number of carbonyl (C=O) groups excluding carboxylic acids is 1. The number of aromatic nitrogens is 1. The Kier molecular flexibility index (Phi) is 6.88. The van der Waals surface area contributed by atoms with Gasteiger partial charge in [-0.2, -0.15) is 0 Å². The van der Waals surface area contributed by atoms with Gasteiger partial charge in [-0.05, 0) is 30.9 Å². The fraction of sp³-hybridized carbons (Fsp3) is 0.571. The van der Waals surface area contributed by atoms with Crippen molar-refractivity contribution >= 4 is 38.4 Å². The lowest BCUT2D eigenvalue weighted by Crippen LogP contribution is -2.49. The summed E-state index contributed by atoms with van der Waals surface area (Å²) < 4.78 is 32.7. The van der Waals surface area contributed by atoms with Crippen molar-refractivity contribution in [1.82, 2.24) is 19.5 Å². The maximum absolute atomic E-state index is 13.1. The molecule has 1 aromatic heterocycles. The average molecular weight is 469 g/mol. The Bertz CT molecular complexity index is 1050. The van der Waals surface area contributed by atoms with Crippen molar-refractivity contribution in [2.45, 2.75) is 44.5 Å². The molecule has 1 amide bonds. The number of ether oxygens (including phenoxy) is 1. The molecule has 1 unspecified atom stereocenters. The second kappa shape index (κ2) is 9.46. The highest BCUT2D eigenvalue weighted by Crippen LogP contribution is 2.31. The van der Waals surface area contributed by atoms with Crippen LogP contribution in [0, 0.1) is 0 Å². The quantitative estimate of drug-likeness (QED) is 0.546. The first-order valence-electron chi connectivity index (χ1n) is 10.7. The van der Waals surface area contributed by atoms with Crippen LogP contribution in [0.15, 0.2) is 24.4 Å². The number of sulfonamides is 1. The number of nitrogens with zero attached hydrogens (tertiary/aromatic N) is 2. The summed E-state index contributed by atoms with van der Waals surface area (Å²) in [6, 6.07) is 6.37. The van der Waals surface area contributed by atoms with E-state index in [-0.39, 0.29) is 11.9 Å². The second-order valence-electron chi connectivity index (χ2n) is 8.30. The van der Waals surface area contributed by atoms with E-state index in [9.17, 15) is 13.2 Å². The predicted octanol–water partition coefficient (Wildman–Crippen LogP) is 1.71. The summed E-state index contributed by atoms with van der Waals surface area (Å²) in [6.07, 6.45) is 5.33. The number of morpholine rings is 1. The Balaban J connectivity index is 1.48. The Hall–Kier alpha value is -1.65. The molecule has 0 spiro atoms. The number of amides is 1. The molecule has 10 heteroatoms. The predicted molar refractivity (Wildman–Crippen MR) is 121 cm³/mol. The molecule has 8 nitrogen and oxygen atoms in total. The van der Waals surface area contributed by atoms with Crippen molar-refractivity contribution < 1.29 is 17.9 Å². The number of fused-ring (bicyclic) bond motifs is 1. The normalized spacial score (nSPS) is 19.6. The minimum Gasteiger partial charge on any atom is -0.366 e. The molecule has 1 aliphatic carbocycles. The van der Waals surface area contributed by atoms with Gasteiger partial charge in [0.15, 0.2) is 0 Å². The Morgan fingerprint density at radius 2 is 2.19 bits per heavy atom. The molecule has 1 atom stereocenters. The zero-order valence-corrected chi connectivity index (χ0v) is 19.2. The van der Waals surface area contributed by atoms with Gasteiger partial charge in [-0.25, -0.2) is 13.1 Å². The molecular weight excluding hydrogens is 440 g/mol. The van der Waals surface area contributed by atoms with Crippen molar-refractivity contribution in [2.75, 3.05) is 32.5 Å². The summed E-state index contributed by atoms with van der Waals surface area (Å²) in [5.41, 5.74) is 2.03. The number of aryl methyl sites for hydroxylation is 1. The van der Waals surface area contributed by atoms with Gasteiger partial charge in [0.25, 0.3) is 5.91 Å². The van der Waals surface area contributed by atoms with E-state index in [0.29, 0.717) is 44.2 Å². The van der Waals surface area contributed by atoms with Gasteiger partial charge in [-0.1, -0.05) is 23.7 Å². The Labute approximate surface area is 187 Å². The molecule has 1 saturated carbocycles. The molecule has 2 aromatic rings. The third-order valence-electron chi connectivity index (χ3n) is 5.66. The van der Waals surface area contributed by atoms with E-state index in [1.54, 1.807) is 0 Å². The van der Waals surface area contributed by atoms with Gasteiger partial charge in [0, 0.05) is 55.9 Å². The molecule has 2 N–H and O–H groups in total. The summed E-state index contributed by atoms with van der Waals surface area (Å²) in [4.78, 5) is 15.0. The minimum absolute atomic E-state index is 0.0510. The summed E-state index contributed by atoms with van der Waals surface area (Å²) >= 11 is 6.41. The standard InChI is InChI=1S/C21H29ClN4O4S/c1-31(28,29)24-7-2-9-25-14-18(22)17-6-3-15(11-19(17)25)13-26(16-4-5-16)21(27)20-12-23-8-10-30-20/h3,6,11,14,16,20,23-24H,2,4-5,7-10,12-13H2,1H3. The summed E-state index contributed by atoms with van der Waals surface area (Å²) in [6.45, 7) is 3.44. The highest BCUT2D eigenvalue weighted by Gasteiger charge is 2.36. The van der Waals surface area contributed by atoms with Crippen LogP contribution in [-0.2, 0) is 32.6 Å². The number of carbonyl (C=O) groups is 1. The molecule has 2 aliphatic rings. The Morgan fingerprint density at radius 1 is 1.39 bits per heavy atom. The molecule has 4 rings (SSSR count). The maximum Gasteiger partial charge on any atom is 0.253 e. The fourth-order valence-corrected chi connectivity index (χ4v) is 4.75. The van der Waals surface area contributed by atoms with Crippen molar-refractivity contribution in [2.24, 2.45) is 0 Å². The second-order valence-corrected chi connectivity index (χ2v) is 10.5. The maximum atomic E-state index is 13.1. The van der Waals surface area contributed by atoms with Crippen LogP contribution in [0.1, 0.15) is 24.8 Å². The molecule has 0 bridgehead atoms. The number of halogens is 1. The zero-order valence-electron chi connectivity index (χ0n) is 17.6. The van der Waals surface area contributed by atoms with E-state index in [1.807, 2.05) is 27.8 Å². The highest BCUT2D eigenvalue weighted by molar-refractivity contribution is 7.88. The molecule has 2 heterocycles. The van der Waals surface area contributed by atoms with Gasteiger partial charge < -0.3 is 19.5 Å². The lowest BCUT2D eigenvalue weighted by molar-refractivity contribution is -0.146. The van der Waals surface area contributed by atoms with Crippen LogP contribution in [0.3, 0.4) is 0 Å². The van der Waals surface area contributed by atoms with Crippen LogP contribution in [0.2, 0.25) is 5.02 Å². The fourth-order valence-electron chi connectivity index (χ4n) is 3.96. The summed E-state index contributed by atoms with van der Waals surface area (Å²) in [5.74, 6) is 0.0510. The smallest absolute Gasteiger partial charge is 0.253 e. The Morgan fingerprint density at radius 3 is 2.87 bits per heavy atom. The summed E-state index contributed by atoms with van der Waals surface area (Å²) in [7, 11) is -3.19. The SMILES string of the molecule is CS(=O)(=O)NCCCn1cc(Cl)c2ccc(CN(C(=O)C3CNCCO3)C3CC3)cc21. The highest BCUT2D eigenvalue weighted by atomic mass is 35.5. The van der Waals surface area contributed by atoms with Crippen LogP contribution >= 0.6 is 11.6 Å². The molecule has 1 aliphatic heterocycles. The van der Waals surface area contributed by atoms with Crippen molar-refractivity contribution in [3.8, 4) is 0 Å². The molecule has 170 valence electrons. The van der Waals surface area contributed by atoms with E-state index < -0.39 is 16.1 Å². The molecule has 31 heavy (non-hydrogen) atoms. The number of rotatable bonds is 9. The average Bonchev–Trinajstić information content (AvgIpc) is 3.54. The molecule has 2 fully saturated rings. The molecule has 1 saturated heterocycles. The largest absolute Gasteiger partial charge is 0.366 e. The van der Waals surface area contributed by atoms with Gasteiger partial charge >= 0.3 is 0 Å². The minimum atomic E-state index is -3.19. The number of benzene rings is 1. The van der Waals surface area contributed by atoms with Crippen molar-refractivity contribution in [3.05, 3.63) is 35.0 Å². The van der Waals surface area contributed by atoms with E-state index >= 15 is 0 Å². The first-order valence-corrected chi connectivity index (χ1v) is 12.9. The number of hydrogen-bond acceptors (Lipinski definition) is 5. The first kappa shape index (κ1) is 22.5. The van der Waals surface area contributed by atoms with E-state index in [0.717, 1.165) is 42.1 Å². The van der Waals surface area contributed by atoms with Crippen LogP contribution in [-0.4, -0.2) is 68.4 Å². The van der Waals surface area contributed by atoms with Crippen LogP contribution in [0.4, 0.5) is 0 Å². The van der Waals surface area contributed by atoms with Gasteiger partial charge in [0.2, 0.25) is 10.0 Å². The van der Waals surface area contributed by atoms with Gasteiger partial charge in [-0.15, -0.1) is 0 Å².